The van der Waals surface area contributed by atoms with Crippen LogP contribution >= 0.6 is 23.2 Å². The number of nitrogens with zero attached hydrogens (tertiary/aromatic N) is 3. The summed E-state index contributed by atoms with van der Waals surface area (Å²) < 4.78 is 5.59. The molecule has 1 aromatic heterocycles. The van der Waals surface area contributed by atoms with E-state index < -0.39 is 0 Å². The van der Waals surface area contributed by atoms with Crippen LogP contribution in [-0.2, 0) is 4.79 Å². The Morgan fingerprint density at radius 3 is 2.60 bits per heavy atom. The topological polar surface area (TPSA) is 45.7 Å². The van der Waals surface area contributed by atoms with Gasteiger partial charge in [0.05, 0.1) is 0 Å². The van der Waals surface area contributed by atoms with Crippen LogP contribution in [0, 0.1) is 6.92 Å². The summed E-state index contributed by atoms with van der Waals surface area (Å²) in [7, 11) is 0. The molecule has 5 nitrogen and oxygen atoms in total. The Hall–Kier alpha value is -1.98. The monoisotopic (exact) mass is 379 g/mol. The molecule has 0 N–H and O–H groups in total. The minimum atomic E-state index is -0.0219. The second-order valence-corrected chi connectivity index (χ2v) is 6.68. The molecule has 2 heterocycles. The van der Waals surface area contributed by atoms with E-state index in [2.05, 4.69) is 9.88 Å². The first-order valence-corrected chi connectivity index (χ1v) is 8.83. The summed E-state index contributed by atoms with van der Waals surface area (Å²) in [6.07, 6.45) is 0. The van der Waals surface area contributed by atoms with Gasteiger partial charge in [-0.25, -0.2) is 4.98 Å². The van der Waals surface area contributed by atoms with Gasteiger partial charge in [-0.3, -0.25) is 4.79 Å². The molecule has 0 spiro atoms. The van der Waals surface area contributed by atoms with Crippen LogP contribution in [0.15, 0.2) is 36.4 Å². The SMILES string of the molecule is Cc1cc(OCC(=O)N2CCN(c3cccc(Cl)n3)CC2)ccc1Cl. The van der Waals surface area contributed by atoms with Crippen LogP contribution in [0.5, 0.6) is 5.75 Å². The third-order valence-corrected chi connectivity index (χ3v) is 4.78. The lowest BCUT2D eigenvalue weighted by atomic mass is 10.2. The predicted molar refractivity (Wildman–Crippen MR) is 99.7 cm³/mol. The Balaban J connectivity index is 1.50. The summed E-state index contributed by atoms with van der Waals surface area (Å²) in [6.45, 7) is 4.64. The molecule has 7 heteroatoms. The van der Waals surface area contributed by atoms with E-state index >= 15 is 0 Å². The molecular weight excluding hydrogens is 361 g/mol. The van der Waals surface area contributed by atoms with Crippen molar-refractivity contribution in [2.75, 3.05) is 37.7 Å². The van der Waals surface area contributed by atoms with E-state index in [0.717, 1.165) is 24.5 Å². The zero-order valence-electron chi connectivity index (χ0n) is 13.9. The van der Waals surface area contributed by atoms with Gasteiger partial charge in [-0.15, -0.1) is 0 Å². The number of hydrogen-bond donors (Lipinski definition) is 0. The van der Waals surface area contributed by atoms with Gasteiger partial charge in [0.25, 0.3) is 5.91 Å². The fourth-order valence-electron chi connectivity index (χ4n) is 2.70. The average molecular weight is 380 g/mol. The Morgan fingerprint density at radius 1 is 1.16 bits per heavy atom. The van der Waals surface area contributed by atoms with Crippen LogP contribution in [-0.4, -0.2) is 48.6 Å². The Kier molecular flexibility index (Phi) is 5.66. The number of carbonyl (C=O) groups excluding carboxylic acids is 1. The molecule has 25 heavy (non-hydrogen) atoms. The van der Waals surface area contributed by atoms with Gasteiger partial charge in [0.1, 0.15) is 16.7 Å². The van der Waals surface area contributed by atoms with Crippen LogP contribution in [0.3, 0.4) is 0 Å². The lowest BCUT2D eigenvalue weighted by Crippen LogP contribution is -2.50. The number of aromatic nitrogens is 1. The van der Waals surface area contributed by atoms with Crippen molar-refractivity contribution in [3.05, 3.63) is 52.1 Å². The van der Waals surface area contributed by atoms with Gasteiger partial charge in [-0.05, 0) is 42.8 Å². The first-order valence-electron chi connectivity index (χ1n) is 8.07. The molecule has 0 radical (unpaired) electrons. The summed E-state index contributed by atoms with van der Waals surface area (Å²) in [5.41, 5.74) is 0.925. The maximum absolute atomic E-state index is 12.3. The highest BCUT2D eigenvalue weighted by Gasteiger charge is 2.22. The van der Waals surface area contributed by atoms with E-state index in [1.807, 2.05) is 30.0 Å². The zero-order chi connectivity index (χ0) is 17.8. The second-order valence-electron chi connectivity index (χ2n) is 5.89. The van der Waals surface area contributed by atoms with Crippen molar-refractivity contribution in [1.29, 1.82) is 0 Å². The number of ether oxygens (including phenoxy) is 1. The number of piperazine rings is 1. The molecule has 0 saturated carbocycles. The van der Waals surface area contributed by atoms with Crippen LogP contribution in [0.1, 0.15) is 5.56 Å². The van der Waals surface area contributed by atoms with E-state index in [4.69, 9.17) is 27.9 Å². The molecular formula is C18H19Cl2N3O2. The molecule has 1 amide bonds. The predicted octanol–water partition coefficient (Wildman–Crippen LogP) is 3.42. The number of halogens is 2. The number of hydrogen-bond acceptors (Lipinski definition) is 4. The summed E-state index contributed by atoms with van der Waals surface area (Å²) in [4.78, 5) is 20.6. The molecule has 1 aromatic carbocycles. The highest BCUT2D eigenvalue weighted by atomic mass is 35.5. The molecule has 0 atom stereocenters. The Bertz CT molecular complexity index is 762. The molecule has 1 aliphatic rings. The average Bonchev–Trinajstić information content (AvgIpc) is 2.62. The quantitative estimate of drug-likeness (QED) is 0.763. The van der Waals surface area contributed by atoms with Crippen molar-refractivity contribution in [3.8, 4) is 5.75 Å². The number of aryl methyl sites for hydroxylation is 1. The maximum Gasteiger partial charge on any atom is 0.260 e. The van der Waals surface area contributed by atoms with Crippen LogP contribution in [0.2, 0.25) is 10.2 Å². The van der Waals surface area contributed by atoms with Crippen molar-refractivity contribution in [2.45, 2.75) is 6.92 Å². The largest absolute Gasteiger partial charge is 0.484 e. The highest BCUT2D eigenvalue weighted by molar-refractivity contribution is 6.31. The Labute approximate surface area is 157 Å². The van der Waals surface area contributed by atoms with E-state index in [-0.39, 0.29) is 12.5 Å². The summed E-state index contributed by atoms with van der Waals surface area (Å²) >= 11 is 11.9. The van der Waals surface area contributed by atoms with Crippen LogP contribution in [0.25, 0.3) is 0 Å². The standard InChI is InChI=1S/C18H19Cl2N3O2/c1-13-11-14(5-6-15(13)19)25-12-18(24)23-9-7-22(8-10-23)17-4-2-3-16(20)21-17/h2-6,11H,7-10,12H2,1H3. The molecule has 0 unspecified atom stereocenters. The van der Waals surface area contributed by atoms with Crippen LogP contribution < -0.4 is 9.64 Å². The van der Waals surface area contributed by atoms with Gasteiger partial charge in [-0.2, -0.15) is 0 Å². The van der Waals surface area contributed by atoms with Gasteiger partial charge < -0.3 is 14.5 Å². The molecule has 0 aliphatic carbocycles. The molecule has 3 rings (SSSR count). The summed E-state index contributed by atoms with van der Waals surface area (Å²) in [6, 6.07) is 10.9. The van der Waals surface area contributed by atoms with Crippen molar-refractivity contribution in [1.82, 2.24) is 9.88 Å². The molecule has 0 bridgehead atoms. The number of carbonyl (C=O) groups is 1. The van der Waals surface area contributed by atoms with Gasteiger partial charge in [0.15, 0.2) is 6.61 Å². The third kappa shape index (κ3) is 4.55. The molecule has 132 valence electrons. The zero-order valence-corrected chi connectivity index (χ0v) is 15.4. The minimum absolute atomic E-state index is 0.0219. The fourth-order valence-corrected chi connectivity index (χ4v) is 2.98. The van der Waals surface area contributed by atoms with Crippen molar-refractivity contribution in [2.24, 2.45) is 0 Å². The summed E-state index contributed by atoms with van der Waals surface area (Å²) in [5.74, 6) is 1.47. The van der Waals surface area contributed by atoms with E-state index in [0.29, 0.717) is 29.0 Å². The van der Waals surface area contributed by atoms with Gasteiger partial charge >= 0.3 is 0 Å². The van der Waals surface area contributed by atoms with E-state index in [1.54, 1.807) is 18.2 Å². The first-order chi connectivity index (χ1) is 12.0. The first kappa shape index (κ1) is 17.8. The van der Waals surface area contributed by atoms with Gasteiger partial charge in [0.2, 0.25) is 0 Å². The number of rotatable bonds is 4. The lowest BCUT2D eigenvalue weighted by molar-refractivity contribution is -0.133. The smallest absolute Gasteiger partial charge is 0.260 e. The number of benzene rings is 1. The number of pyridine rings is 1. The maximum atomic E-state index is 12.3. The Morgan fingerprint density at radius 2 is 1.92 bits per heavy atom. The number of amides is 1. The molecule has 1 fully saturated rings. The molecule has 1 saturated heterocycles. The highest BCUT2D eigenvalue weighted by Crippen LogP contribution is 2.21. The van der Waals surface area contributed by atoms with Gasteiger partial charge in [0, 0.05) is 31.2 Å². The second kappa shape index (κ2) is 7.93. The minimum Gasteiger partial charge on any atom is -0.484 e. The van der Waals surface area contributed by atoms with Crippen molar-refractivity contribution < 1.29 is 9.53 Å². The van der Waals surface area contributed by atoms with Gasteiger partial charge in [-0.1, -0.05) is 29.3 Å². The molecule has 1 aliphatic heterocycles. The van der Waals surface area contributed by atoms with Crippen molar-refractivity contribution >= 4 is 34.9 Å². The summed E-state index contributed by atoms with van der Waals surface area (Å²) in [5, 5.41) is 1.16. The third-order valence-electron chi connectivity index (χ3n) is 4.15. The van der Waals surface area contributed by atoms with E-state index in [9.17, 15) is 4.79 Å². The normalized spacial score (nSPS) is 14.5. The number of anilines is 1. The lowest BCUT2D eigenvalue weighted by Gasteiger charge is -2.35. The van der Waals surface area contributed by atoms with Crippen LogP contribution in [0.4, 0.5) is 5.82 Å². The van der Waals surface area contributed by atoms with Crippen molar-refractivity contribution in [3.63, 3.8) is 0 Å². The fraction of sp³-hybridized carbons (Fsp3) is 0.333. The molecule has 2 aromatic rings. The van der Waals surface area contributed by atoms with E-state index in [1.165, 1.54) is 0 Å².